The highest BCUT2D eigenvalue weighted by Crippen LogP contribution is 2.20. The summed E-state index contributed by atoms with van der Waals surface area (Å²) in [6.45, 7) is 4.09. The van der Waals surface area contributed by atoms with Crippen molar-refractivity contribution in [2.24, 2.45) is 0 Å². The largest absolute Gasteiger partial charge is 0.377 e. The molecule has 0 atom stereocenters. The monoisotopic (exact) mass is 710 g/mol. The molecule has 14 nitrogen and oxygen atoms in total. The van der Waals surface area contributed by atoms with E-state index in [0.29, 0.717) is 0 Å². The number of hydrogen-bond acceptors (Lipinski definition) is 10. The van der Waals surface area contributed by atoms with E-state index in [1.807, 2.05) is 13.8 Å². The van der Waals surface area contributed by atoms with Gasteiger partial charge < -0.3 is 28.7 Å². The predicted octanol–water partition coefficient (Wildman–Crippen LogP) is 0.736. The van der Waals surface area contributed by atoms with E-state index in [1.54, 1.807) is 24.3 Å². The van der Waals surface area contributed by atoms with E-state index in [0.717, 1.165) is 19.7 Å². The van der Waals surface area contributed by atoms with Gasteiger partial charge in [-0.3, -0.25) is 9.59 Å². The van der Waals surface area contributed by atoms with Gasteiger partial charge in [-0.05, 0) is 38.1 Å². The molecule has 5 rings (SSSR count). The number of fused-ring (bicyclic) bond motifs is 21. The molecule has 48 heavy (non-hydrogen) atoms. The van der Waals surface area contributed by atoms with Crippen LogP contribution in [-0.4, -0.2) is 152 Å². The Hall–Kier alpha value is -2.96. The molecule has 3 saturated heterocycles. The smallest absolute Gasteiger partial charge is 0.243 e. The molecule has 3 aliphatic heterocycles. The fraction of sp³-hybridized carbons (Fsp3) is 0.562. The SMILES string of the molecule is Cc1ccc(S(=O)(=O)N2CCN(S(=O)(=O)c3ccc(C)cc3)CC(=O)N3CCOCCOCCN(CCOCCOCC3)C(=O)C2)cc1. The Morgan fingerprint density at radius 1 is 0.458 bits per heavy atom. The molecule has 2 amide bonds. The molecule has 16 heteroatoms. The number of rotatable bonds is 4. The van der Waals surface area contributed by atoms with Crippen LogP contribution in [0.3, 0.4) is 0 Å². The van der Waals surface area contributed by atoms with Crippen molar-refractivity contribution in [3.05, 3.63) is 59.7 Å². The summed E-state index contributed by atoms with van der Waals surface area (Å²) in [5.41, 5.74) is 1.69. The number of nitrogens with zero attached hydrogens (tertiary/aromatic N) is 4. The zero-order valence-corrected chi connectivity index (χ0v) is 29.3. The van der Waals surface area contributed by atoms with Crippen molar-refractivity contribution in [1.82, 2.24) is 18.4 Å². The Labute approximate surface area is 283 Å². The van der Waals surface area contributed by atoms with Crippen molar-refractivity contribution in [1.29, 1.82) is 0 Å². The van der Waals surface area contributed by atoms with Crippen LogP contribution in [0.4, 0.5) is 0 Å². The van der Waals surface area contributed by atoms with E-state index in [2.05, 4.69) is 0 Å². The van der Waals surface area contributed by atoms with Gasteiger partial charge in [0.2, 0.25) is 31.9 Å². The first-order valence-corrected chi connectivity index (χ1v) is 18.9. The third-order valence-electron chi connectivity index (χ3n) is 8.01. The van der Waals surface area contributed by atoms with Gasteiger partial charge in [0.1, 0.15) is 0 Å². The topological polar surface area (TPSA) is 152 Å². The van der Waals surface area contributed by atoms with E-state index in [9.17, 15) is 26.4 Å². The van der Waals surface area contributed by atoms with Gasteiger partial charge in [-0.15, -0.1) is 0 Å². The molecular formula is C32H46N4O10S2. The van der Waals surface area contributed by atoms with E-state index >= 15 is 0 Å². The molecule has 3 fully saturated rings. The van der Waals surface area contributed by atoms with E-state index in [-0.39, 0.29) is 88.8 Å². The summed E-state index contributed by atoms with van der Waals surface area (Å²) < 4.78 is 80.8. The predicted molar refractivity (Wildman–Crippen MR) is 176 cm³/mol. The van der Waals surface area contributed by atoms with Crippen LogP contribution in [0.5, 0.6) is 0 Å². The van der Waals surface area contributed by atoms with Crippen molar-refractivity contribution < 1.29 is 45.4 Å². The van der Waals surface area contributed by atoms with Crippen LogP contribution in [0.25, 0.3) is 0 Å². The van der Waals surface area contributed by atoms with Gasteiger partial charge in [-0.25, -0.2) is 16.8 Å². The van der Waals surface area contributed by atoms with Crippen molar-refractivity contribution in [3.63, 3.8) is 0 Å². The lowest BCUT2D eigenvalue weighted by molar-refractivity contribution is -0.135. The number of benzene rings is 2. The molecule has 0 N–H and O–H groups in total. The number of ether oxygens (including phenoxy) is 4. The number of sulfonamides is 2. The molecule has 2 aromatic rings. The fourth-order valence-electron chi connectivity index (χ4n) is 5.08. The molecule has 0 unspecified atom stereocenters. The summed E-state index contributed by atoms with van der Waals surface area (Å²) in [7, 11) is -8.56. The Morgan fingerprint density at radius 3 is 1.04 bits per heavy atom. The zero-order valence-electron chi connectivity index (χ0n) is 27.6. The molecule has 0 aromatic heterocycles. The summed E-state index contributed by atoms with van der Waals surface area (Å²) in [6, 6.07) is 12.4. The van der Waals surface area contributed by atoms with Crippen molar-refractivity contribution in [3.8, 4) is 0 Å². The summed E-state index contributed by atoms with van der Waals surface area (Å²) >= 11 is 0. The first kappa shape index (κ1) is 37.9. The highest BCUT2D eigenvalue weighted by molar-refractivity contribution is 7.89. The molecule has 2 aromatic carbocycles. The van der Waals surface area contributed by atoms with Gasteiger partial charge in [0, 0.05) is 39.3 Å². The van der Waals surface area contributed by atoms with Crippen LogP contribution >= 0.6 is 0 Å². The molecule has 3 aliphatic rings. The minimum Gasteiger partial charge on any atom is -0.377 e. The summed E-state index contributed by atoms with van der Waals surface area (Å²) in [6.07, 6.45) is 0. The molecule has 0 aliphatic carbocycles. The van der Waals surface area contributed by atoms with E-state index in [4.69, 9.17) is 18.9 Å². The maximum Gasteiger partial charge on any atom is 0.243 e. The maximum atomic E-state index is 14.0. The molecule has 266 valence electrons. The van der Waals surface area contributed by atoms with Crippen LogP contribution in [0.1, 0.15) is 11.1 Å². The highest BCUT2D eigenvalue weighted by Gasteiger charge is 2.33. The third kappa shape index (κ3) is 10.8. The first-order valence-electron chi connectivity index (χ1n) is 16.0. The van der Waals surface area contributed by atoms with Crippen molar-refractivity contribution in [2.75, 3.05) is 105 Å². The zero-order chi connectivity index (χ0) is 34.6. The van der Waals surface area contributed by atoms with Crippen LogP contribution in [0.2, 0.25) is 0 Å². The van der Waals surface area contributed by atoms with Crippen molar-refractivity contribution in [2.45, 2.75) is 23.6 Å². The summed E-state index contributed by atoms with van der Waals surface area (Å²) in [4.78, 5) is 30.4. The van der Waals surface area contributed by atoms with E-state index < -0.39 is 58.0 Å². The number of hydrogen-bond donors (Lipinski definition) is 0. The van der Waals surface area contributed by atoms with Crippen molar-refractivity contribution >= 4 is 31.9 Å². The number of aryl methyl sites for hydroxylation is 2. The summed E-state index contributed by atoms with van der Waals surface area (Å²) in [5, 5.41) is 0. The van der Waals surface area contributed by atoms with Gasteiger partial charge in [-0.1, -0.05) is 35.4 Å². The second-order valence-electron chi connectivity index (χ2n) is 11.5. The molecular weight excluding hydrogens is 665 g/mol. The lowest BCUT2D eigenvalue weighted by Gasteiger charge is -2.31. The van der Waals surface area contributed by atoms with Gasteiger partial charge in [0.15, 0.2) is 0 Å². The minimum absolute atomic E-state index is 0.0430. The maximum absolute atomic E-state index is 14.0. The number of amides is 2. The van der Waals surface area contributed by atoms with Crippen LogP contribution < -0.4 is 0 Å². The second-order valence-corrected chi connectivity index (χ2v) is 15.4. The average Bonchev–Trinajstić information content (AvgIpc) is 3.05. The van der Waals surface area contributed by atoms with Gasteiger partial charge >= 0.3 is 0 Å². The molecule has 3 heterocycles. The molecule has 0 radical (unpaired) electrons. The number of carbonyl (C=O) groups excluding carboxylic acids is 2. The standard InChI is InChI=1S/C32H46N4O10S2/c1-27-3-7-29(8-4-27)47(39,40)35-11-12-36(48(41,42)30-9-5-28(2)6-10-30)26-32(38)34-15-19-45-23-21-43-17-13-33(31(37)25-35)14-18-44-22-24-46-20-16-34/h3-10H,11-26H2,1-2H3. The van der Waals surface area contributed by atoms with Crippen LogP contribution in [0.15, 0.2) is 58.3 Å². The molecule has 0 saturated carbocycles. The van der Waals surface area contributed by atoms with Gasteiger partial charge in [-0.2, -0.15) is 8.61 Å². The molecule has 2 bridgehead atoms. The Balaban J connectivity index is 1.76. The quantitative estimate of drug-likeness (QED) is 0.444. The van der Waals surface area contributed by atoms with Gasteiger partial charge in [0.25, 0.3) is 0 Å². The van der Waals surface area contributed by atoms with Crippen LogP contribution in [0, 0.1) is 13.8 Å². The lowest BCUT2D eigenvalue weighted by atomic mass is 10.2. The third-order valence-corrected chi connectivity index (χ3v) is 11.7. The number of carbonyl (C=O) groups is 2. The fourth-order valence-corrected chi connectivity index (χ4v) is 7.84. The van der Waals surface area contributed by atoms with Crippen LogP contribution in [-0.2, 0) is 48.6 Å². The Kier molecular flexibility index (Phi) is 14.3. The van der Waals surface area contributed by atoms with Gasteiger partial charge in [0.05, 0.1) is 75.7 Å². The highest BCUT2D eigenvalue weighted by atomic mass is 32.2. The normalized spacial score (nSPS) is 20.5. The van der Waals surface area contributed by atoms with E-state index in [1.165, 1.54) is 34.1 Å². The molecule has 0 spiro atoms. The lowest BCUT2D eigenvalue weighted by Crippen LogP contribution is -2.50. The first-order chi connectivity index (χ1) is 23.0. The Morgan fingerprint density at radius 2 is 0.750 bits per heavy atom. The minimum atomic E-state index is -4.28. The Bertz CT molecular complexity index is 1420. The second kappa shape index (κ2) is 18.2. The average molecular weight is 711 g/mol. The summed E-state index contributed by atoms with van der Waals surface area (Å²) in [5.74, 6) is -1.02.